The summed E-state index contributed by atoms with van der Waals surface area (Å²) < 4.78 is 4.83. The molecule has 5 nitrogen and oxygen atoms in total. The Bertz CT molecular complexity index is 221. The number of carboxylic acid groups (broad SMARTS) is 1. The molecule has 0 aromatic carbocycles. The summed E-state index contributed by atoms with van der Waals surface area (Å²) in [5, 5.41) is 19.2. The van der Waals surface area contributed by atoms with Gasteiger partial charge < -0.3 is 19.7 Å². The van der Waals surface area contributed by atoms with E-state index in [1.54, 1.807) is 20.8 Å². The Labute approximate surface area is 132 Å². The second-order valence-corrected chi connectivity index (χ2v) is 3.96. The van der Waals surface area contributed by atoms with Crippen molar-refractivity contribution in [2.45, 2.75) is 45.3 Å². The topological polar surface area (TPSA) is 86.7 Å². The van der Waals surface area contributed by atoms with Crippen molar-refractivity contribution in [2.75, 3.05) is 0 Å². The van der Waals surface area contributed by atoms with Crippen molar-refractivity contribution in [1.29, 1.82) is 0 Å². The summed E-state index contributed by atoms with van der Waals surface area (Å²) in [5.41, 5.74) is -0.681. The van der Waals surface area contributed by atoms with Crippen LogP contribution >= 0.6 is 0 Å². The molecule has 82 valence electrons. The first-order valence-corrected chi connectivity index (χ1v) is 4.33. The summed E-state index contributed by atoms with van der Waals surface area (Å²) in [4.78, 5) is 21.1. The Balaban J connectivity index is 0. The van der Waals surface area contributed by atoms with Gasteiger partial charge in [-0.05, 0) is 33.6 Å². The Morgan fingerprint density at radius 1 is 1.40 bits per heavy atom. The van der Waals surface area contributed by atoms with Crippen LogP contribution in [0, 0.1) is 0 Å². The normalized spacial score (nSPS) is 12.5. The van der Waals surface area contributed by atoms with E-state index in [1.165, 1.54) is 0 Å². The molecular formula is C9H15KO5. The number of aliphatic carboxylic acids is 1. The quantitative estimate of drug-likeness (QED) is 0.404. The van der Waals surface area contributed by atoms with Gasteiger partial charge >= 0.3 is 57.4 Å². The number of carbonyl (C=O) groups is 2. The molecule has 0 fully saturated rings. The molecular weight excluding hydrogens is 227 g/mol. The van der Waals surface area contributed by atoms with Gasteiger partial charge in [-0.1, -0.05) is 0 Å². The first kappa shape index (κ1) is 17.9. The first-order chi connectivity index (χ1) is 6.22. The van der Waals surface area contributed by atoms with Crippen molar-refractivity contribution in [2.24, 2.45) is 0 Å². The number of aliphatic hydroxyl groups is 1. The number of carboxylic acids is 1. The maximum absolute atomic E-state index is 11.1. The molecule has 0 saturated heterocycles. The molecule has 0 bridgehead atoms. The molecule has 0 aliphatic rings. The summed E-state index contributed by atoms with van der Waals surface area (Å²) in [7, 11) is 0. The SMILES string of the molecule is CC(C)(C)OC(=O)[C@@H](O)CCC(=O)[O-].[K+]. The maximum Gasteiger partial charge on any atom is 1.00 e. The van der Waals surface area contributed by atoms with Gasteiger partial charge in [0.25, 0.3) is 0 Å². The van der Waals surface area contributed by atoms with Crippen LogP contribution < -0.4 is 56.5 Å². The Morgan fingerprint density at radius 2 is 1.87 bits per heavy atom. The molecule has 0 rings (SSSR count). The predicted molar refractivity (Wildman–Crippen MR) is 46.1 cm³/mol. The molecule has 0 spiro atoms. The molecule has 0 aromatic rings. The van der Waals surface area contributed by atoms with E-state index >= 15 is 0 Å². The van der Waals surface area contributed by atoms with Crippen LogP contribution in [0.4, 0.5) is 0 Å². The van der Waals surface area contributed by atoms with Crippen LogP contribution in [0.2, 0.25) is 0 Å². The predicted octanol–water partition coefficient (Wildman–Crippen LogP) is -3.78. The van der Waals surface area contributed by atoms with Gasteiger partial charge in [0.1, 0.15) is 5.60 Å². The van der Waals surface area contributed by atoms with Crippen molar-refractivity contribution in [1.82, 2.24) is 0 Å². The maximum atomic E-state index is 11.1. The minimum Gasteiger partial charge on any atom is -0.550 e. The van der Waals surface area contributed by atoms with Gasteiger partial charge in [0.15, 0.2) is 6.10 Å². The summed E-state index contributed by atoms with van der Waals surface area (Å²) in [5.74, 6) is -2.11. The van der Waals surface area contributed by atoms with Crippen LogP contribution in [0.5, 0.6) is 0 Å². The molecule has 0 amide bonds. The van der Waals surface area contributed by atoms with Gasteiger partial charge in [-0.2, -0.15) is 0 Å². The number of hydrogen-bond donors (Lipinski definition) is 1. The summed E-state index contributed by atoms with van der Waals surface area (Å²) in [6.45, 7) is 4.99. The molecule has 0 aliphatic carbocycles. The number of aliphatic hydroxyl groups excluding tert-OH is 1. The third-order valence-corrected chi connectivity index (χ3v) is 1.30. The van der Waals surface area contributed by atoms with E-state index in [9.17, 15) is 14.7 Å². The summed E-state index contributed by atoms with van der Waals surface area (Å²) >= 11 is 0. The molecule has 1 N–H and O–H groups in total. The van der Waals surface area contributed by atoms with E-state index in [4.69, 9.17) is 9.84 Å². The minimum absolute atomic E-state index is 0. The first-order valence-electron chi connectivity index (χ1n) is 4.33. The van der Waals surface area contributed by atoms with Crippen LogP contribution in [0.1, 0.15) is 33.6 Å². The van der Waals surface area contributed by atoms with Crippen molar-refractivity contribution in [3.63, 3.8) is 0 Å². The number of carbonyl (C=O) groups excluding carboxylic acids is 2. The van der Waals surface area contributed by atoms with E-state index in [1.807, 2.05) is 0 Å². The second kappa shape index (κ2) is 7.75. The largest absolute Gasteiger partial charge is 1.00 e. The zero-order valence-corrected chi connectivity index (χ0v) is 12.7. The number of ether oxygens (including phenoxy) is 1. The fourth-order valence-electron chi connectivity index (χ4n) is 0.742. The zero-order valence-electron chi connectivity index (χ0n) is 9.57. The fraction of sp³-hybridized carbons (Fsp3) is 0.778. The monoisotopic (exact) mass is 242 g/mol. The van der Waals surface area contributed by atoms with Crippen LogP contribution in [0.15, 0.2) is 0 Å². The molecule has 15 heavy (non-hydrogen) atoms. The van der Waals surface area contributed by atoms with Gasteiger partial charge in [-0.3, -0.25) is 0 Å². The Kier molecular flexibility index (Phi) is 9.26. The van der Waals surface area contributed by atoms with E-state index in [2.05, 4.69) is 0 Å². The number of esters is 1. The van der Waals surface area contributed by atoms with Gasteiger partial charge in [0.2, 0.25) is 0 Å². The second-order valence-electron chi connectivity index (χ2n) is 3.96. The summed E-state index contributed by atoms with van der Waals surface area (Å²) in [6.07, 6.45) is -1.94. The van der Waals surface area contributed by atoms with Gasteiger partial charge in [-0.15, -0.1) is 0 Å². The van der Waals surface area contributed by atoms with Crippen molar-refractivity contribution in [3.8, 4) is 0 Å². The third kappa shape index (κ3) is 10.8. The van der Waals surface area contributed by atoms with Crippen molar-refractivity contribution >= 4 is 11.9 Å². The molecule has 1 atom stereocenters. The van der Waals surface area contributed by atoms with Crippen LogP contribution in [0.3, 0.4) is 0 Å². The third-order valence-electron chi connectivity index (χ3n) is 1.30. The van der Waals surface area contributed by atoms with E-state index in [0.29, 0.717) is 0 Å². The van der Waals surface area contributed by atoms with Gasteiger partial charge in [0.05, 0.1) is 0 Å². The molecule has 0 unspecified atom stereocenters. The van der Waals surface area contributed by atoms with Crippen LogP contribution in [0.25, 0.3) is 0 Å². The Hall–Kier alpha value is 0.536. The molecule has 6 heteroatoms. The van der Waals surface area contributed by atoms with Gasteiger partial charge in [0, 0.05) is 5.97 Å². The standard InChI is InChI=1S/C9H16O5.K/c1-9(2,3)14-8(13)6(10)4-5-7(11)12;/h6,10H,4-5H2,1-3H3,(H,11,12);/q;+1/p-1/t6-;/m0./s1. The smallest absolute Gasteiger partial charge is 0.550 e. The summed E-state index contributed by atoms with van der Waals surface area (Å²) in [6, 6.07) is 0. The average Bonchev–Trinajstić information content (AvgIpc) is 1.96. The molecule has 0 radical (unpaired) electrons. The molecule has 0 aromatic heterocycles. The average molecular weight is 242 g/mol. The number of hydrogen-bond acceptors (Lipinski definition) is 5. The zero-order chi connectivity index (χ0) is 11.4. The van der Waals surface area contributed by atoms with Crippen molar-refractivity contribution in [3.05, 3.63) is 0 Å². The van der Waals surface area contributed by atoms with E-state index in [0.717, 1.165) is 0 Å². The Morgan fingerprint density at radius 3 is 2.20 bits per heavy atom. The fourth-order valence-corrected chi connectivity index (χ4v) is 0.742. The van der Waals surface area contributed by atoms with Crippen LogP contribution in [-0.4, -0.2) is 28.8 Å². The van der Waals surface area contributed by atoms with E-state index in [-0.39, 0.29) is 64.2 Å². The van der Waals surface area contributed by atoms with Crippen LogP contribution in [-0.2, 0) is 14.3 Å². The van der Waals surface area contributed by atoms with Crippen molar-refractivity contribution < 1.29 is 75.9 Å². The number of rotatable bonds is 4. The van der Waals surface area contributed by atoms with E-state index < -0.39 is 23.6 Å². The molecule has 0 aliphatic heterocycles. The molecule has 0 saturated carbocycles. The minimum atomic E-state index is -1.40. The van der Waals surface area contributed by atoms with Gasteiger partial charge in [-0.25, -0.2) is 4.79 Å². The molecule has 0 heterocycles.